The summed E-state index contributed by atoms with van der Waals surface area (Å²) in [6, 6.07) is 10.7. The van der Waals surface area contributed by atoms with Crippen molar-refractivity contribution in [3.8, 4) is 10.6 Å². The molecule has 1 fully saturated rings. The fraction of sp³-hybridized carbons (Fsp3) is 0.529. The molecule has 0 spiro atoms. The number of ether oxygens (including phenoxy) is 1. The second kappa shape index (κ2) is 7.81. The van der Waals surface area contributed by atoms with Gasteiger partial charge in [0, 0.05) is 31.4 Å². The maximum Gasteiger partial charge on any atom is 0.147 e. The molecule has 1 aromatic carbocycles. The Bertz CT molecular complexity index is 566. The Morgan fingerprint density at radius 2 is 2.00 bits per heavy atom. The van der Waals surface area contributed by atoms with Crippen molar-refractivity contribution in [2.24, 2.45) is 5.92 Å². The third kappa shape index (κ3) is 4.35. The van der Waals surface area contributed by atoms with Crippen molar-refractivity contribution in [1.82, 2.24) is 15.5 Å². The zero-order chi connectivity index (χ0) is 15.2. The summed E-state index contributed by atoms with van der Waals surface area (Å²) >= 11 is 1.67. The lowest BCUT2D eigenvalue weighted by Gasteiger charge is -2.25. The van der Waals surface area contributed by atoms with Gasteiger partial charge in [0.2, 0.25) is 0 Å². The molecule has 0 unspecified atom stereocenters. The molecule has 0 saturated carbocycles. The molecule has 0 radical (unpaired) electrons. The fourth-order valence-electron chi connectivity index (χ4n) is 2.85. The van der Waals surface area contributed by atoms with E-state index in [0.29, 0.717) is 6.04 Å². The van der Waals surface area contributed by atoms with Crippen LogP contribution < -0.4 is 5.32 Å². The molecule has 5 heteroatoms. The molecular weight excluding hydrogens is 294 g/mol. The van der Waals surface area contributed by atoms with E-state index in [9.17, 15) is 0 Å². The van der Waals surface area contributed by atoms with Crippen molar-refractivity contribution in [1.29, 1.82) is 0 Å². The van der Waals surface area contributed by atoms with Crippen LogP contribution in [-0.4, -0.2) is 29.5 Å². The summed E-state index contributed by atoms with van der Waals surface area (Å²) in [5.41, 5.74) is 1.14. The minimum Gasteiger partial charge on any atom is -0.381 e. The van der Waals surface area contributed by atoms with Gasteiger partial charge in [-0.05, 0) is 32.1 Å². The molecule has 1 atom stereocenters. The van der Waals surface area contributed by atoms with E-state index in [2.05, 4.69) is 34.6 Å². The van der Waals surface area contributed by atoms with Gasteiger partial charge < -0.3 is 10.1 Å². The van der Waals surface area contributed by atoms with Crippen LogP contribution in [0.15, 0.2) is 30.3 Å². The Labute approximate surface area is 135 Å². The van der Waals surface area contributed by atoms with Crippen LogP contribution in [0.4, 0.5) is 0 Å². The number of aromatic nitrogens is 2. The van der Waals surface area contributed by atoms with Gasteiger partial charge >= 0.3 is 0 Å². The lowest BCUT2D eigenvalue weighted by molar-refractivity contribution is 0.0611. The first-order chi connectivity index (χ1) is 10.8. The minimum absolute atomic E-state index is 0.507. The zero-order valence-electron chi connectivity index (χ0n) is 13.0. The van der Waals surface area contributed by atoms with Crippen molar-refractivity contribution in [2.75, 3.05) is 13.2 Å². The van der Waals surface area contributed by atoms with E-state index < -0.39 is 0 Å². The third-order valence-electron chi connectivity index (χ3n) is 4.12. The molecule has 2 aromatic rings. The number of benzene rings is 1. The maximum atomic E-state index is 5.42. The second-order valence-corrected chi connectivity index (χ2v) is 7.00. The molecule has 1 aliphatic heterocycles. The standard InChI is InChI=1S/C17H23N3OS/c1-13(11-14-7-9-21-10-8-14)18-12-16-19-20-17(22-16)15-5-3-2-4-6-15/h2-6,13-14,18H,7-12H2,1H3/t13-/m1/s1. The summed E-state index contributed by atoms with van der Waals surface area (Å²) in [5.74, 6) is 0.797. The van der Waals surface area contributed by atoms with Crippen LogP contribution in [0.2, 0.25) is 0 Å². The quantitative estimate of drug-likeness (QED) is 0.886. The van der Waals surface area contributed by atoms with Gasteiger partial charge in [-0.2, -0.15) is 0 Å². The van der Waals surface area contributed by atoms with Gasteiger partial charge in [0.25, 0.3) is 0 Å². The second-order valence-electron chi connectivity index (χ2n) is 5.94. The predicted molar refractivity (Wildman–Crippen MR) is 89.8 cm³/mol. The number of rotatable bonds is 6. The molecule has 118 valence electrons. The Morgan fingerprint density at radius 1 is 1.23 bits per heavy atom. The van der Waals surface area contributed by atoms with Crippen molar-refractivity contribution < 1.29 is 4.74 Å². The summed E-state index contributed by atoms with van der Waals surface area (Å²) in [5, 5.41) is 14.2. The highest BCUT2D eigenvalue weighted by Crippen LogP contribution is 2.23. The van der Waals surface area contributed by atoms with E-state index in [-0.39, 0.29) is 0 Å². The lowest BCUT2D eigenvalue weighted by atomic mass is 9.93. The number of nitrogens with zero attached hydrogens (tertiary/aromatic N) is 2. The molecule has 1 saturated heterocycles. The molecule has 0 amide bonds. The third-order valence-corrected chi connectivity index (χ3v) is 5.09. The summed E-state index contributed by atoms with van der Waals surface area (Å²) in [4.78, 5) is 0. The molecule has 1 aromatic heterocycles. The summed E-state index contributed by atoms with van der Waals surface area (Å²) in [7, 11) is 0. The summed E-state index contributed by atoms with van der Waals surface area (Å²) in [6.07, 6.45) is 3.61. The Morgan fingerprint density at radius 3 is 2.77 bits per heavy atom. The van der Waals surface area contributed by atoms with Crippen molar-refractivity contribution in [2.45, 2.75) is 38.8 Å². The average molecular weight is 317 g/mol. The van der Waals surface area contributed by atoms with Crippen LogP contribution in [0.3, 0.4) is 0 Å². The smallest absolute Gasteiger partial charge is 0.147 e. The van der Waals surface area contributed by atoms with Gasteiger partial charge in [0.05, 0.1) is 0 Å². The average Bonchev–Trinajstić information content (AvgIpc) is 3.04. The van der Waals surface area contributed by atoms with Gasteiger partial charge in [-0.1, -0.05) is 41.7 Å². The lowest BCUT2D eigenvalue weighted by Crippen LogP contribution is -2.29. The molecule has 2 heterocycles. The predicted octanol–water partition coefficient (Wildman–Crippen LogP) is 3.50. The fourth-order valence-corrected chi connectivity index (χ4v) is 3.65. The van der Waals surface area contributed by atoms with Gasteiger partial charge in [0.15, 0.2) is 0 Å². The normalized spacial score (nSPS) is 17.5. The molecule has 22 heavy (non-hydrogen) atoms. The van der Waals surface area contributed by atoms with Gasteiger partial charge in [-0.15, -0.1) is 10.2 Å². The van der Waals surface area contributed by atoms with Crippen LogP contribution in [-0.2, 0) is 11.3 Å². The maximum absolute atomic E-state index is 5.42. The van der Waals surface area contributed by atoms with Crippen molar-refractivity contribution >= 4 is 11.3 Å². The summed E-state index contributed by atoms with van der Waals surface area (Å²) in [6.45, 7) is 4.91. The van der Waals surface area contributed by atoms with Crippen LogP contribution in [0, 0.1) is 5.92 Å². The van der Waals surface area contributed by atoms with E-state index in [1.165, 1.54) is 19.3 Å². The van der Waals surface area contributed by atoms with Gasteiger partial charge in [0.1, 0.15) is 10.0 Å². The van der Waals surface area contributed by atoms with Crippen molar-refractivity contribution in [3.63, 3.8) is 0 Å². The van der Waals surface area contributed by atoms with Crippen LogP contribution >= 0.6 is 11.3 Å². The number of nitrogens with one attached hydrogen (secondary N) is 1. The molecular formula is C17H23N3OS. The number of hydrogen-bond acceptors (Lipinski definition) is 5. The SMILES string of the molecule is C[C@H](CC1CCOCC1)NCc1nnc(-c2ccccc2)s1. The molecule has 1 N–H and O–H groups in total. The monoisotopic (exact) mass is 317 g/mol. The van der Waals surface area contributed by atoms with Crippen LogP contribution in [0.25, 0.3) is 10.6 Å². The molecule has 3 rings (SSSR count). The Kier molecular flexibility index (Phi) is 5.53. The number of hydrogen-bond donors (Lipinski definition) is 1. The first kappa shape index (κ1) is 15.6. The first-order valence-corrected chi connectivity index (χ1v) is 8.82. The molecule has 0 aliphatic carbocycles. The highest BCUT2D eigenvalue weighted by molar-refractivity contribution is 7.14. The van der Waals surface area contributed by atoms with E-state index in [0.717, 1.165) is 41.3 Å². The minimum atomic E-state index is 0.507. The van der Waals surface area contributed by atoms with E-state index in [1.807, 2.05) is 18.2 Å². The molecule has 0 bridgehead atoms. The Balaban J connectivity index is 1.48. The highest BCUT2D eigenvalue weighted by atomic mass is 32.1. The molecule has 4 nitrogen and oxygen atoms in total. The van der Waals surface area contributed by atoms with E-state index in [4.69, 9.17) is 4.74 Å². The topological polar surface area (TPSA) is 47.0 Å². The first-order valence-electron chi connectivity index (χ1n) is 8.00. The highest BCUT2D eigenvalue weighted by Gasteiger charge is 2.17. The largest absolute Gasteiger partial charge is 0.381 e. The van der Waals surface area contributed by atoms with Crippen LogP contribution in [0.1, 0.15) is 31.2 Å². The van der Waals surface area contributed by atoms with Crippen molar-refractivity contribution in [3.05, 3.63) is 35.3 Å². The van der Waals surface area contributed by atoms with Crippen LogP contribution in [0.5, 0.6) is 0 Å². The van der Waals surface area contributed by atoms with Gasteiger partial charge in [-0.25, -0.2) is 0 Å². The summed E-state index contributed by atoms with van der Waals surface area (Å²) < 4.78 is 5.42. The van der Waals surface area contributed by atoms with E-state index >= 15 is 0 Å². The van der Waals surface area contributed by atoms with Gasteiger partial charge in [-0.3, -0.25) is 0 Å². The zero-order valence-corrected chi connectivity index (χ0v) is 13.8. The van der Waals surface area contributed by atoms with E-state index in [1.54, 1.807) is 11.3 Å². The molecule has 1 aliphatic rings. The Hall–Kier alpha value is -1.30.